The standard InChI is InChI=1S/C31H39N3O5S/c1-5-6-20-32-31(36)25(3)33(21-26-14-12-24(2)13-15-26)30(35)22-34(40(4,37)38)28-16-18-29(19-17-28)39-23-27-10-8-7-9-11-27/h7-19,25H,5-6,20-23H2,1-4H3,(H,32,36)/t25-/m0/s1. The molecule has 1 atom stereocenters. The number of carbonyl (C=O) groups is 2. The van der Waals surface area contributed by atoms with Gasteiger partial charge in [0.05, 0.1) is 11.9 Å². The molecule has 8 nitrogen and oxygen atoms in total. The van der Waals surface area contributed by atoms with Crippen LogP contribution in [0.4, 0.5) is 5.69 Å². The number of ether oxygens (including phenoxy) is 1. The van der Waals surface area contributed by atoms with Crippen LogP contribution in [0.3, 0.4) is 0 Å². The highest BCUT2D eigenvalue weighted by atomic mass is 32.2. The summed E-state index contributed by atoms with van der Waals surface area (Å²) in [6.45, 7) is 6.29. The Morgan fingerprint density at radius 1 is 0.925 bits per heavy atom. The van der Waals surface area contributed by atoms with Crippen molar-refractivity contribution in [3.05, 3.63) is 95.6 Å². The van der Waals surface area contributed by atoms with Gasteiger partial charge in [-0.05, 0) is 55.7 Å². The molecule has 9 heteroatoms. The van der Waals surface area contributed by atoms with Crippen molar-refractivity contribution in [1.29, 1.82) is 0 Å². The predicted octanol–water partition coefficient (Wildman–Crippen LogP) is 4.67. The van der Waals surface area contributed by atoms with Crippen LogP contribution in [-0.2, 0) is 32.8 Å². The highest BCUT2D eigenvalue weighted by Gasteiger charge is 2.30. The summed E-state index contributed by atoms with van der Waals surface area (Å²) in [5.41, 5.74) is 3.26. The molecule has 0 radical (unpaired) electrons. The van der Waals surface area contributed by atoms with Gasteiger partial charge in [0, 0.05) is 13.1 Å². The molecule has 0 spiro atoms. The molecule has 214 valence electrons. The maximum Gasteiger partial charge on any atom is 0.244 e. The largest absolute Gasteiger partial charge is 0.489 e. The van der Waals surface area contributed by atoms with E-state index in [4.69, 9.17) is 4.74 Å². The minimum atomic E-state index is -3.81. The first-order chi connectivity index (χ1) is 19.1. The van der Waals surface area contributed by atoms with Crippen molar-refractivity contribution in [3.8, 4) is 5.75 Å². The van der Waals surface area contributed by atoms with Crippen molar-refractivity contribution in [1.82, 2.24) is 10.2 Å². The van der Waals surface area contributed by atoms with Crippen LogP contribution in [-0.4, -0.2) is 50.5 Å². The average Bonchev–Trinajstić information content (AvgIpc) is 2.94. The van der Waals surface area contributed by atoms with Crippen molar-refractivity contribution >= 4 is 27.5 Å². The van der Waals surface area contributed by atoms with Gasteiger partial charge in [0.2, 0.25) is 21.8 Å². The fourth-order valence-corrected chi connectivity index (χ4v) is 4.92. The minimum Gasteiger partial charge on any atom is -0.489 e. The van der Waals surface area contributed by atoms with Crippen molar-refractivity contribution in [2.75, 3.05) is 23.7 Å². The second kappa shape index (κ2) is 14.5. The second-order valence-electron chi connectivity index (χ2n) is 9.87. The topological polar surface area (TPSA) is 96.0 Å². The van der Waals surface area contributed by atoms with E-state index in [-0.39, 0.29) is 12.5 Å². The Kier molecular flexibility index (Phi) is 11.1. The number of hydrogen-bond donors (Lipinski definition) is 1. The molecular formula is C31H39N3O5S. The fourth-order valence-electron chi connectivity index (χ4n) is 4.07. The Morgan fingerprint density at radius 3 is 2.17 bits per heavy atom. The van der Waals surface area contributed by atoms with Crippen molar-refractivity contribution in [3.63, 3.8) is 0 Å². The van der Waals surface area contributed by atoms with Gasteiger partial charge in [-0.3, -0.25) is 13.9 Å². The Labute approximate surface area is 238 Å². The molecule has 0 saturated heterocycles. The summed E-state index contributed by atoms with van der Waals surface area (Å²) in [5, 5.41) is 2.88. The molecule has 0 aromatic heterocycles. The van der Waals surface area contributed by atoms with E-state index >= 15 is 0 Å². The molecule has 3 rings (SSSR count). The molecule has 0 unspecified atom stereocenters. The van der Waals surface area contributed by atoms with Crippen molar-refractivity contribution in [2.24, 2.45) is 0 Å². The molecule has 3 aromatic carbocycles. The van der Waals surface area contributed by atoms with Crippen LogP contribution in [0, 0.1) is 6.92 Å². The number of sulfonamides is 1. The lowest BCUT2D eigenvalue weighted by molar-refractivity contribution is -0.139. The first-order valence-electron chi connectivity index (χ1n) is 13.5. The third kappa shape index (κ3) is 9.12. The smallest absolute Gasteiger partial charge is 0.244 e. The molecular weight excluding hydrogens is 526 g/mol. The SMILES string of the molecule is CCCCNC(=O)[C@H](C)N(Cc1ccc(C)cc1)C(=O)CN(c1ccc(OCc2ccccc2)cc1)S(C)(=O)=O. The first kappa shape index (κ1) is 30.7. The molecule has 0 fully saturated rings. The highest BCUT2D eigenvalue weighted by Crippen LogP contribution is 2.23. The Bertz CT molecular complexity index is 1340. The number of nitrogens with zero attached hydrogens (tertiary/aromatic N) is 2. The number of rotatable bonds is 14. The molecule has 2 amide bonds. The van der Waals surface area contributed by atoms with E-state index in [2.05, 4.69) is 5.32 Å². The van der Waals surface area contributed by atoms with Gasteiger partial charge in [0.15, 0.2) is 0 Å². The van der Waals surface area contributed by atoms with Gasteiger partial charge in [-0.25, -0.2) is 8.42 Å². The second-order valence-corrected chi connectivity index (χ2v) is 11.8. The van der Waals surface area contributed by atoms with Gasteiger partial charge >= 0.3 is 0 Å². The normalized spacial score (nSPS) is 11.9. The number of benzene rings is 3. The first-order valence-corrected chi connectivity index (χ1v) is 15.3. The molecule has 0 heterocycles. The summed E-state index contributed by atoms with van der Waals surface area (Å²) >= 11 is 0. The van der Waals surface area contributed by atoms with Crippen LogP contribution in [0.1, 0.15) is 43.4 Å². The zero-order valence-corrected chi connectivity index (χ0v) is 24.5. The summed E-state index contributed by atoms with van der Waals surface area (Å²) in [6.07, 6.45) is 2.82. The van der Waals surface area contributed by atoms with Crippen LogP contribution < -0.4 is 14.4 Å². The van der Waals surface area contributed by atoms with Crippen LogP contribution >= 0.6 is 0 Å². The third-order valence-electron chi connectivity index (χ3n) is 6.52. The maximum atomic E-state index is 13.7. The third-order valence-corrected chi connectivity index (χ3v) is 7.66. The molecule has 0 bridgehead atoms. The Morgan fingerprint density at radius 2 is 1.57 bits per heavy atom. The van der Waals surface area contributed by atoms with Crippen molar-refractivity contribution < 1.29 is 22.7 Å². The predicted molar refractivity (Wildman–Crippen MR) is 159 cm³/mol. The molecule has 40 heavy (non-hydrogen) atoms. The zero-order valence-electron chi connectivity index (χ0n) is 23.7. The van der Waals surface area contributed by atoms with Gasteiger partial charge in [-0.2, -0.15) is 0 Å². The molecule has 0 aliphatic carbocycles. The van der Waals surface area contributed by atoms with Crippen LogP contribution in [0.15, 0.2) is 78.9 Å². The number of aryl methyl sites for hydroxylation is 1. The summed E-state index contributed by atoms with van der Waals surface area (Å²) in [7, 11) is -3.81. The maximum absolute atomic E-state index is 13.7. The van der Waals surface area contributed by atoms with E-state index in [0.29, 0.717) is 24.6 Å². The van der Waals surface area contributed by atoms with Crippen LogP contribution in [0.2, 0.25) is 0 Å². The number of hydrogen-bond acceptors (Lipinski definition) is 5. The summed E-state index contributed by atoms with van der Waals surface area (Å²) in [4.78, 5) is 28.0. The summed E-state index contributed by atoms with van der Waals surface area (Å²) < 4.78 is 32.5. The fraction of sp³-hybridized carbons (Fsp3) is 0.355. The number of nitrogens with one attached hydrogen (secondary N) is 1. The number of unbranched alkanes of at least 4 members (excludes halogenated alkanes) is 1. The lowest BCUT2D eigenvalue weighted by Gasteiger charge is -2.31. The lowest BCUT2D eigenvalue weighted by atomic mass is 10.1. The molecule has 3 aromatic rings. The van der Waals surface area contributed by atoms with Crippen LogP contribution in [0.5, 0.6) is 5.75 Å². The van der Waals surface area contributed by atoms with Gasteiger partial charge in [-0.15, -0.1) is 0 Å². The van der Waals surface area contributed by atoms with Crippen molar-refractivity contribution in [2.45, 2.75) is 52.8 Å². The minimum absolute atomic E-state index is 0.172. The summed E-state index contributed by atoms with van der Waals surface area (Å²) in [6, 6.07) is 23.2. The highest BCUT2D eigenvalue weighted by molar-refractivity contribution is 7.92. The quantitative estimate of drug-likeness (QED) is 0.287. The van der Waals surface area contributed by atoms with E-state index in [9.17, 15) is 18.0 Å². The number of carbonyl (C=O) groups excluding carboxylic acids is 2. The van der Waals surface area contributed by atoms with E-state index in [1.807, 2.05) is 68.4 Å². The van der Waals surface area contributed by atoms with E-state index in [1.165, 1.54) is 4.90 Å². The lowest BCUT2D eigenvalue weighted by Crippen LogP contribution is -2.51. The average molecular weight is 566 g/mol. The Balaban J connectivity index is 1.79. The van der Waals surface area contributed by atoms with E-state index in [0.717, 1.165) is 40.1 Å². The number of amides is 2. The molecule has 0 aliphatic heterocycles. The van der Waals surface area contributed by atoms with Gasteiger partial charge in [0.25, 0.3) is 0 Å². The molecule has 0 aliphatic rings. The van der Waals surface area contributed by atoms with Gasteiger partial charge in [0.1, 0.15) is 24.9 Å². The van der Waals surface area contributed by atoms with Crippen LogP contribution in [0.25, 0.3) is 0 Å². The zero-order chi connectivity index (χ0) is 29.1. The van der Waals surface area contributed by atoms with Gasteiger partial charge in [-0.1, -0.05) is 73.5 Å². The Hall–Kier alpha value is -3.85. The molecule has 1 N–H and O–H groups in total. The molecule has 0 saturated carbocycles. The monoisotopic (exact) mass is 565 g/mol. The van der Waals surface area contributed by atoms with E-state index in [1.54, 1.807) is 31.2 Å². The summed E-state index contributed by atoms with van der Waals surface area (Å²) in [5.74, 6) is -0.181. The number of anilines is 1. The van der Waals surface area contributed by atoms with E-state index < -0.39 is 28.5 Å². The van der Waals surface area contributed by atoms with Gasteiger partial charge < -0.3 is 15.0 Å².